The van der Waals surface area contributed by atoms with E-state index >= 15 is 0 Å². The van der Waals surface area contributed by atoms with Crippen LogP contribution in [-0.2, 0) is 16.1 Å². The van der Waals surface area contributed by atoms with Crippen LogP contribution in [0.25, 0.3) is 21.9 Å². The van der Waals surface area contributed by atoms with Crippen LogP contribution in [-0.4, -0.2) is 42.7 Å². The first-order valence-electron chi connectivity index (χ1n) is 10.3. The number of carbonyl (C=O) groups excluding carboxylic acids is 1. The van der Waals surface area contributed by atoms with E-state index in [0.717, 1.165) is 17.2 Å². The average molecular weight is 470 g/mol. The van der Waals surface area contributed by atoms with E-state index < -0.39 is 0 Å². The zero-order valence-electron chi connectivity index (χ0n) is 17.8. The van der Waals surface area contributed by atoms with Crippen molar-refractivity contribution in [3.05, 3.63) is 52.8 Å². The summed E-state index contributed by atoms with van der Waals surface area (Å²) in [5.41, 5.74) is 2.54. The maximum atomic E-state index is 13.1. The van der Waals surface area contributed by atoms with Crippen molar-refractivity contribution in [2.75, 3.05) is 17.7 Å². The number of nitrogens with zero attached hydrogens (tertiary/aromatic N) is 4. The van der Waals surface area contributed by atoms with Crippen LogP contribution >= 0.6 is 23.5 Å². The van der Waals surface area contributed by atoms with Crippen LogP contribution in [0.4, 0.5) is 5.69 Å². The van der Waals surface area contributed by atoms with Crippen LogP contribution in [0.2, 0.25) is 0 Å². The smallest absolute Gasteiger partial charge is 0.262 e. The Labute approximate surface area is 193 Å². The Balaban J connectivity index is 1.51. The molecule has 2 aromatic heterocycles. The molecule has 166 valence electrons. The van der Waals surface area contributed by atoms with Crippen molar-refractivity contribution in [2.45, 2.75) is 38.1 Å². The number of hydrogen-bond acceptors (Lipinski definition) is 8. The van der Waals surface area contributed by atoms with Gasteiger partial charge >= 0.3 is 0 Å². The first-order valence-corrected chi connectivity index (χ1v) is 12.0. The predicted octanol–water partition coefficient (Wildman–Crippen LogP) is 3.95. The zero-order chi connectivity index (χ0) is 22.5. The molecular formula is C22H23N5O3S2. The van der Waals surface area contributed by atoms with Gasteiger partial charge in [0.25, 0.3) is 5.56 Å². The molecule has 2 heterocycles. The van der Waals surface area contributed by atoms with Gasteiger partial charge in [-0.1, -0.05) is 30.0 Å². The van der Waals surface area contributed by atoms with Gasteiger partial charge in [-0.05, 0) is 44.5 Å². The number of anilines is 1. The second-order valence-corrected chi connectivity index (χ2v) is 8.89. The summed E-state index contributed by atoms with van der Waals surface area (Å²) in [5, 5.41) is 3.97. The number of fused-ring (bicyclic) bond motifs is 2. The third-order valence-corrected chi connectivity index (χ3v) is 6.22. The molecule has 0 atom stereocenters. The molecule has 0 aliphatic heterocycles. The Bertz CT molecular complexity index is 1300. The van der Waals surface area contributed by atoms with Gasteiger partial charge in [-0.15, -0.1) is 0 Å². The highest BCUT2D eigenvalue weighted by atomic mass is 32.2. The average Bonchev–Trinajstić information content (AvgIpc) is 3.26. The highest BCUT2D eigenvalue weighted by Gasteiger charge is 2.14. The van der Waals surface area contributed by atoms with Gasteiger partial charge in [0.05, 0.1) is 40.2 Å². The van der Waals surface area contributed by atoms with Crippen LogP contribution in [0, 0.1) is 0 Å². The quantitative estimate of drug-likeness (QED) is 0.225. The standard InChI is InChI=1S/C22H23N5O3S2/c1-14(2)30-12-6-11-27-21(29)15-7-3-4-8-16(15)24-22(27)31-13-19(28)23-17-9-5-10-18-20(17)26-32-25-18/h3-5,7-10,14H,6,11-13H2,1-2H3,(H,23,28). The normalized spacial score (nSPS) is 11.5. The lowest BCUT2D eigenvalue weighted by atomic mass is 10.2. The predicted molar refractivity (Wildman–Crippen MR) is 128 cm³/mol. The fourth-order valence-corrected chi connectivity index (χ4v) is 4.60. The SMILES string of the molecule is CC(C)OCCCn1c(SCC(=O)Nc2cccc3nsnc23)nc2ccccc2c1=O. The maximum absolute atomic E-state index is 13.1. The number of amides is 1. The fourth-order valence-electron chi connectivity index (χ4n) is 3.22. The van der Waals surface area contributed by atoms with Gasteiger partial charge in [0.2, 0.25) is 5.91 Å². The van der Waals surface area contributed by atoms with E-state index in [9.17, 15) is 9.59 Å². The van der Waals surface area contributed by atoms with Gasteiger partial charge in [0, 0.05) is 13.2 Å². The monoisotopic (exact) mass is 469 g/mol. The fraction of sp³-hybridized carbons (Fsp3) is 0.318. The molecule has 0 saturated carbocycles. The summed E-state index contributed by atoms with van der Waals surface area (Å²) < 4.78 is 15.7. The largest absolute Gasteiger partial charge is 0.379 e. The highest BCUT2D eigenvalue weighted by molar-refractivity contribution is 7.99. The van der Waals surface area contributed by atoms with Crippen LogP contribution in [0.5, 0.6) is 0 Å². The van der Waals surface area contributed by atoms with Crippen molar-refractivity contribution in [3.63, 3.8) is 0 Å². The van der Waals surface area contributed by atoms with Crippen molar-refractivity contribution in [1.29, 1.82) is 0 Å². The molecule has 0 radical (unpaired) electrons. The molecule has 32 heavy (non-hydrogen) atoms. The van der Waals surface area contributed by atoms with Crippen molar-refractivity contribution in [1.82, 2.24) is 18.3 Å². The number of para-hydroxylation sites is 1. The van der Waals surface area contributed by atoms with E-state index in [1.54, 1.807) is 16.7 Å². The number of nitrogens with one attached hydrogen (secondary N) is 1. The zero-order valence-corrected chi connectivity index (χ0v) is 19.4. The maximum Gasteiger partial charge on any atom is 0.262 e. The molecule has 4 aromatic rings. The Hall–Kier alpha value is -2.82. The number of ether oxygens (including phenoxy) is 1. The Kier molecular flexibility index (Phi) is 7.13. The van der Waals surface area contributed by atoms with E-state index in [2.05, 4.69) is 19.0 Å². The molecule has 0 bridgehead atoms. The molecule has 0 unspecified atom stereocenters. The minimum absolute atomic E-state index is 0.110. The molecule has 0 fully saturated rings. The lowest BCUT2D eigenvalue weighted by Crippen LogP contribution is -2.25. The topological polar surface area (TPSA) is 99.0 Å². The van der Waals surface area contributed by atoms with E-state index in [1.807, 2.05) is 44.2 Å². The molecule has 0 saturated heterocycles. The lowest BCUT2D eigenvalue weighted by Gasteiger charge is -2.14. The summed E-state index contributed by atoms with van der Waals surface area (Å²) >= 11 is 2.35. The van der Waals surface area contributed by atoms with Crippen molar-refractivity contribution >= 4 is 57.0 Å². The van der Waals surface area contributed by atoms with Crippen molar-refractivity contribution < 1.29 is 9.53 Å². The van der Waals surface area contributed by atoms with Gasteiger partial charge < -0.3 is 10.1 Å². The highest BCUT2D eigenvalue weighted by Crippen LogP contribution is 2.23. The molecule has 0 spiro atoms. The molecular weight excluding hydrogens is 446 g/mol. The minimum atomic E-state index is -0.201. The molecule has 10 heteroatoms. The number of aromatic nitrogens is 4. The van der Waals surface area contributed by atoms with Gasteiger partial charge in [-0.3, -0.25) is 14.2 Å². The Morgan fingerprint density at radius 3 is 2.81 bits per heavy atom. The summed E-state index contributed by atoms with van der Waals surface area (Å²) in [6.45, 7) is 4.97. The minimum Gasteiger partial charge on any atom is -0.379 e. The lowest BCUT2D eigenvalue weighted by molar-refractivity contribution is -0.113. The second-order valence-electron chi connectivity index (χ2n) is 7.42. The van der Waals surface area contributed by atoms with Crippen molar-refractivity contribution in [3.8, 4) is 0 Å². The van der Waals surface area contributed by atoms with E-state index in [-0.39, 0.29) is 23.3 Å². The third kappa shape index (κ3) is 5.14. The molecule has 2 aromatic carbocycles. The van der Waals surface area contributed by atoms with E-state index in [4.69, 9.17) is 4.74 Å². The van der Waals surface area contributed by atoms with E-state index in [0.29, 0.717) is 46.8 Å². The number of carbonyl (C=O) groups is 1. The van der Waals surface area contributed by atoms with Crippen LogP contribution < -0.4 is 10.9 Å². The number of benzene rings is 2. The van der Waals surface area contributed by atoms with E-state index in [1.165, 1.54) is 11.8 Å². The van der Waals surface area contributed by atoms with Gasteiger partial charge in [0.15, 0.2) is 5.16 Å². The van der Waals surface area contributed by atoms with Crippen LogP contribution in [0.1, 0.15) is 20.3 Å². The van der Waals surface area contributed by atoms with Gasteiger partial charge in [0.1, 0.15) is 11.0 Å². The van der Waals surface area contributed by atoms with Crippen LogP contribution in [0.15, 0.2) is 52.4 Å². The number of thioether (sulfide) groups is 1. The third-order valence-electron chi connectivity index (χ3n) is 4.70. The summed E-state index contributed by atoms with van der Waals surface area (Å²) in [6.07, 6.45) is 0.813. The summed E-state index contributed by atoms with van der Waals surface area (Å²) in [5.74, 6) is -0.0890. The van der Waals surface area contributed by atoms with Gasteiger partial charge in [-0.2, -0.15) is 8.75 Å². The molecule has 4 rings (SSSR count). The van der Waals surface area contributed by atoms with Crippen molar-refractivity contribution in [2.24, 2.45) is 0 Å². The Morgan fingerprint density at radius 1 is 1.16 bits per heavy atom. The number of rotatable bonds is 9. The van der Waals surface area contributed by atoms with Gasteiger partial charge in [-0.25, -0.2) is 4.98 Å². The number of hydrogen-bond donors (Lipinski definition) is 1. The molecule has 0 aliphatic rings. The molecule has 8 nitrogen and oxygen atoms in total. The molecule has 1 amide bonds. The second kappa shape index (κ2) is 10.2. The Morgan fingerprint density at radius 2 is 1.97 bits per heavy atom. The summed E-state index contributed by atoms with van der Waals surface area (Å²) in [7, 11) is 0. The first kappa shape index (κ1) is 22.4. The van der Waals surface area contributed by atoms with Crippen LogP contribution in [0.3, 0.4) is 0 Å². The first-order chi connectivity index (χ1) is 15.5. The molecule has 0 aliphatic carbocycles. The summed E-state index contributed by atoms with van der Waals surface area (Å²) in [4.78, 5) is 30.4. The summed E-state index contributed by atoms with van der Waals surface area (Å²) in [6, 6.07) is 12.7. The molecule has 1 N–H and O–H groups in total.